The predicted octanol–water partition coefficient (Wildman–Crippen LogP) is 1.01. The van der Waals surface area contributed by atoms with Gasteiger partial charge in [0.05, 0.1) is 11.3 Å². The molecule has 3 N–H and O–H groups in total. The average molecular weight is 325 g/mol. The summed E-state index contributed by atoms with van der Waals surface area (Å²) in [6.45, 7) is 0.442. The Bertz CT molecular complexity index is 454. The van der Waals surface area contributed by atoms with Gasteiger partial charge in [-0.1, -0.05) is 19.3 Å². The molecule has 20 heavy (non-hydrogen) atoms. The third kappa shape index (κ3) is 4.60. The molecule has 7 heteroatoms. The van der Waals surface area contributed by atoms with E-state index >= 15 is 0 Å². The molecule has 1 amide bonds. The molecule has 0 heterocycles. The van der Waals surface area contributed by atoms with Crippen LogP contribution >= 0.6 is 12.4 Å². The van der Waals surface area contributed by atoms with E-state index in [2.05, 4.69) is 5.32 Å². The number of hydrogen-bond donors (Lipinski definition) is 2. The number of halogens is 1. The molecule has 2 saturated carbocycles. The van der Waals surface area contributed by atoms with Gasteiger partial charge in [0.15, 0.2) is 0 Å². The molecule has 0 unspecified atom stereocenters. The van der Waals surface area contributed by atoms with Gasteiger partial charge in [0.25, 0.3) is 0 Å². The van der Waals surface area contributed by atoms with Crippen LogP contribution < -0.4 is 11.1 Å². The smallest absolute Gasteiger partial charge is 0.240 e. The van der Waals surface area contributed by atoms with Gasteiger partial charge in [-0.3, -0.25) is 4.79 Å². The molecule has 118 valence electrons. The van der Waals surface area contributed by atoms with Crippen molar-refractivity contribution in [3.05, 3.63) is 0 Å². The van der Waals surface area contributed by atoms with Crippen molar-refractivity contribution in [2.45, 2.75) is 50.5 Å². The zero-order valence-corrected chi connectivity index (χ0v) is 13.6. The quantitative estimate of drug-likeness (QED) is 0.790. The zero-order valence-electron chi connectivity index (χ0n) is 12.0. The second kappa shape index (κ2) is 6.20. The van der Waals surface area contributed by atoms with Crippen molar-refractivity contribution < 1.29 is 13.2 Å². The van der Waals surface area contributed by atoms with Gasteiger partial charge in [0.2, 0.25) is 5.91 Å². The van der Waals surface area contributed by atoms with Crippen molar-refractivity contribution in [1.29, 1.82) is 0 Å². The van der Waals surface area contributed by atoms with Gasteiger partial charge in [-0.15, -0.1) is 12.4 Å². The van der Waals surface area contributed by atoms with Crippen molar-refractivity contribution in [1.82, 2.24) is 5.32 Å². The highest BCUT2D eigenvalue weighted by Gasteiger charge is 2.46. The van der Waals surface area contributed by atoms with Crippen molar-refractivity contribution in [2.75, 3.05) is 18.6 Å². The van der Waals surface area contributed by atoms with Crippen LogP contribution in [0.5, 0.6) is 0 Å². The van der Waals surface area contributed by atoms with Crippen LogP contribution in [0.15, 0.2) is 0 Å². The number of sulfone groups is 1. The molecule has 0 aliphatic heterocycles. The second-order valence-corrected chi connectivity index (χ2v) is 8.61. The van der Waals surface area contributed by atoms with E-state index in [0.29, 0.717) is 6.54 Å². The fourth-order valence-electron chi connectivity index (χ4n) is 2.96. The first kappa shape index (κ1) is 17.7. The highest BCUT2D eigenvalue weighted by Crippen LogP contribution is 2.46. The largest absolute Gasteiger partial charge is 0.354 e. The number of hydrogen-bond acceptors (Lipinski definition) is 4. The number of rotatable bonds is 5. The molecule has 0 aromatic rings. The molecular weight excluding hydrogens is 300 g/mol. The maximum Gasteiger partial charge on any atom is 0.240 e. The van der Waals surface area contributed by atoms with Gasteiger partial charge in [0, 0.05) is 18.2 Å². The van der Waals surface area contributed by atoms with Crippen molar-refractivity contribution >= 4 is 28.2 Å². The topological polar surface area (TPSA) is 89.3 Å². The maximum atomic E-state index is 12.2. The van der Waals surface area contributed by atoms with Gasteiger partial charge in [-0.2, -0.15) is 0 Å². The SMILES string of the molecule is CS(=O)(=O)CC1(CNC(=O)C2(N)CCCCC2)CC1.Cl. The first-order valence-electron chi connectivity index (χ1n) is 7.00. The summed E-state index contributed by atoms with van der Waals surface area (Å²) in [7, 11) is -2.99. The summed E-state index contributed by atoms with van der Waals surface area (Å²) in [4.78, 5) is 12.2. The zero-order chi connectivity index (χ0) is 14.1. The van der Waals surface area contributed by atoms with Gasteiger partial charge in [-0.05, 0) is 25.7 Å². The predicted molar refractivity (Wildman–Crippen MR) is 81.6 cm³/mol. The molecule has 0 radical (unpaired) electrons. The number of amides is 1. The summed E-state index contributed by atoms with van der Waals surface area (Å²) in [6, 6.07) is 0. The van der Waals surface area contributed by atoms with Crippen molar-refractivity contribution in [3.8, 4) is 0 Å². The molecule has 2 rings (SSSR count). The van der Waals surface area contributed by atoms with Crippen LogP contribution in [0.4, 0.5) is 0 Å². The summed E-state index contributed by atoms with van der Waals surface area (Å²) >= 11 is 0. The molecular formula is C13H25ClN2O3S. The number of nitrogens with two attached hydrogens (primary N) is 1. The van der Waals surface area contributed by atoms with Crippen LogP contribution in [0.1, 0.15) is 44.9 Å². The minimum atomic E-state index is -2.99. The first-order chi connectivity index (χ1) is 8.75. The Labute approximate surface area is 127 Å². The van der Waals surface area contributed by atoms with Crippen LogP contribution in [-0.4, -0.2) is 38.4 Å². The summed E-state index contributed by atoms with van der Waals surface area (Å²) in [6.07, 6.45) is 7.60. The molecule has 0 saturated heterocycles. The van der Waals surface area contributed by atoms with Gasteiger partial charge < -0.3 is 11.1 Å². The Kier molecular flexibility index (Phi) is 5.49. The lowest BCUT2D eigenvalue weighted by atomic mass is 9.82. The molecule has 5 nitrogen and oxygen atoms in total. The highest BCUT2D eigenvalue weighted by atomic mass is 35.5. The molecule has 2 aliphatic carbocycles. The molecule has 0 spiro atoms. The second-order valence-electron chi connectivity index (χ2n) is 6.47. The molecule has 0 aromatic heterocycles. The Morgan fingerprint density at radius 2 is 1.70 bits per heavy atom. The normalized spacial score (nSPS) is 23.5. The van der Waals surface area contributed by atoms with Crippen LogP contribution in [-0.2, 0) is 14.6 Å². The third-order valence-corrected chi connectivity index (χ3v) is 5.48. The van der Waals surface area contributed by atoms with Crippen molar-refractivity contribution in [2.24, 2.45) is 11.1 Å². The lowest BCUT2D eigenvalue weighted by Gasteiger charge is -2.32. The first-order valence-corrected chi connectivity index (χ1v) is 9.06. The van der Waals surface area contributed by atoms with Crippen LogP contribution in [0, 0.1) is 5.41 Å². The van der Waals surface area contributed by atoms with E-state index in [0.717, 1.165) is 44.9 Å². The van der Waals surface area contributed by atoms with E-state index < -0.39 is 15.4 Å². The standard InChI is InChI=1S/C13H24N2O3S.ClH/c1-19(17,18)10-12(7-8-12)9-15-11(16)13(14)5-3-2-4-6-13;/h2-10,14H2,1H3,(H,15,16);1H. The van der Waals surface area contributed by atoms with Gasteiger partial charge in [0.1, 0.15) is 9.84 Å². The van der Waals surface area contributed by atoms with E-state index in [-0.39, 0.29) is 29.5 Å². The fourth-order valence-corrected chi connectivity index (χ4v) is 4.46. The Morgan fingerprint density at radius 1 is 1.15 bits per heavy atom. The molecule has 0 aromatic carbocycles. The lowest BCUT2D eigenvalue weighted by molar-refractivity contribution is -0.127. The third-order valence-electron chi connectivity index (χ3n) is 4.35. The summed E-state index contributed by atoms with van der Waals surface area (Å²) in [5.74, 6) is 0.0599. The Hall–Kier alpha value is -0.330. The number of carbonyl (C=O) groups is 1. The van der Waals surface area contributed by atoms with Crippen LogP contribution in [0.3, 0.4) is 0 Å². The lowest BCUT2D eigenvalue weighted by Crippen LogP contribution is -2.56. The minimum absolute atomic E-state index is 0. The average Bonchev–Trinajstić information content (AvgIpc) is 3.05. The number of nitrogens with one attached hydrogen (secondary N) is 1. The molecule has 0 atom stereocenters. The monoisotopic (exact) mass is 324 g/mol. The van der Waals surface area contributed by atoms with Gasteiger partial charge >= 0.3 is 0 Å². The van der Waals surface area contributed by atoms with Crippen molar-refractivity contribution in [3.63, 3.8) is 0 Å². The minimum Gasteiger partial charge on any atom is -0.354 e. The summed E-state index contributed by atoms with van der Waals surface area (Å²) < 4.78 is 22.7. The van der Waals surface area contributed by atoms with E-state index in [4.69, 9.17) is 5.73 Å². The van der Waals surface area contributed by atoms with E-state index in [1.807, 2.05) is 0 Å². The van der Waals surface area contributed by atoms with Crippen LogP contribution in [0.2, 0.25) is 0 Å². The highest BCUT2D eigenvalue weighted by molar-refractivity contribution is 7.90. The van der Waals surface area contributed by atoms with E-state index in [9.17, 15) is 13.2 Å². The Balaban J connectivity index is 0.00000200. The molecule has 2 fully saturated rings. The molecule has 2 aliphatic rings. The summed E-state index contributed by atoms with van der Waals surface area (Å²) in [5.41, 5.74) is 5.18. The molecule has 0 bridgehead atoms. The number of carbonyl (C=O) groups excluding carboxylic acids is 1. The fraction of sp³-hybridized carbons (Fsp3) is 0.923. The summed E-state index contributed by atoms with van der Waals surface area (Å²) in [5, 5.41) is 2.89. The Morgan fingerprint density at radius 3 is 2.15 bits per heavy atom. The van der Waals surface area contributed by atoms with Gasteiger partial charge in [-0.25, -0.2) is 8.42 Å². The van der Waals surface area contributed by atoms with E-state index in [1.165, 1.54) is 6.26 Å². The van der Waals surface area contributed by atoms with E-state index in [1.54, 1.807) is 0 Å². The van der Waals surface area contributed by atoms with Crippen LogP contribution in [0.25, 0.3) is 0 Å². The maximum absolute atomic E-state index is 12.2.